The third-order valence-corrected chi connectivity index (χ3v) is 4.22. The minimum absolute atomic E-state index is 0.0238. The first-order valence-corrected chi connectivity index (χ1v) is 7.35. The molecular weight excluding hydrogens is 260 g/mol. The fourth-order valence-electron chi connectivity index (χ4n) is 2.69. The fourth-order valence-corrected chi connectivity index (χ4v) is 2.69. The molecule has 2 amide bonds. The number of rotatable bonds is 6. The monoisotopic (exact) mass is 286 g/mol. The van der Waals surface area contributed by atoms with E-state index in [9.17, 15) is 14.7 Å². The molecule has 6 nitrogen and oxygen atoms in total. The Morgan fingerprint density at radius 3 is 2.25 bits per heavy atom. The zero-order valence-corrected chi connectivity index (χ0v) is 12.6. The molecule has 0 aromatic heterocycles. The number of hydrogen-bond acceptors (Lipinski definition) is 3. The maximum absolute atomic E-state index is 12.0. The van der Waals surface area contributed by atoms with E-state index in [0.29, 0.717) is 32.0 Å². The molecule has 116 valence electrons. The van der Waals surface area contributed by atoms with Crippen molar-refractivity contribution in [1.82, 2.24) is 10.6 Å². The van der Waals surface area contributed by atoms with Crippen LogP contribution in [0.15, 0.2) is 0 Å². The van der Waals surface area contributed by atoms with Crippen LogP contribution in [0.2, 0.25) is 0 Å². The van der Waals surface area contributed by atoms with E-state index in [4.69, 9.17) is 4.74 Å². The first-order valence-electron chi connectivity index (χ1n) is 7.35. The van der Waals surface area contributed by atoms with E-state index in [1.54, 1.807) is 0 Å². The third-order valence-electron chi connectivity index (χ3n) is 4.22. The Labute approximate surface area is 120 Å². The maximum atomic E-state index is 12.0. The van der Waals surface area contributed by atoms with Crippen molar-refractivity contribution < 1.29 is 19.4 Å². The predicted molar refractivity (Wildman–Crippen MR) is 75.6 cm³/mol. The highest BCUT2D eigenvalue weighted by Gasteiger charge is 2.41. The van der Waals surface area contributed by atoms with Crippen LogP contribution in [-0.4, -0.2) is 41.9 Å². The number of nitrogens with one attached hydrogen (secondary N) is 2. The van der Waals surface area contributed by atoms with E-state index in [1.165, 1.54) is 0 Å². The second-order valence-corrected chi connectivity index (χ2v) is 5.46. The number of carboxylic acid groups (broad SMARTS) is 1. The van der Waals surface area contributed by atoms with Gasteiger partial charge in [0.1, 0.15) is 5.54 Å². The second-order valence-electron chi connectivity index (χ2n) is 5.46. The standard InChI is InChI=1S/C14H26N2O4/c1-4-11(5-2)10(3)15-13(19)16-14(12(17)18)6-8-20-9-7-14/h10-11H,4-9H2,1-3H3,(H,17,18)(H2,15,16,19). The van der Waals surface area contributed by atoms with Gasteiger partial charge in [0.2, 0.25) is 0 Å². The van der Waals surface area contributed by atoms with Crippen LogP contribution < -0.4 is 10.6 Å². The van der Waals surface area contributed by atoms with Crippen LogP contribution in [0.4, 0.5) is 4.79 Å². The van der Waals surface area contributed by atoms with E-state index in [1.807, 2.05) is 6.92 Å². The fraction of sp³-hybridized carbons (Fsp3) is 0.857. The van der Waals surface area contributed by atoms with Crippen molar-refractivity contribution in [3.05, 3.63) is 0 Å². The van der Waals surface area contributed by atoms with Crippen LogP contribution >= 0.6 is 0 Å². The molecule has 6 heteroatoms. The lowest BCUT2D eigenvalue weighted by Crippen LogP contribution is -2.60. The van der Waals surface area contributed by atoms with E-state index in [-0.39, 0.29) is 6.04 Å². The molecule has 1 aliphatic rings. The Balaban J connectivity index is 2.61. The summed E-state index contributed by atoms with van der Waals surface area (Å²) in [5.41, 5.74) is -1.20. The Hall–Kier alpha value is -1.30. The van der Waals surface area contributed by atoms with Crippen LogP contribution in [-0.2, 0) is 9.53 Å². The summed E-state index contributed by atoms with van der Waals surface area (Å²) in [5, 5.41) is 14.9. The van der Waals surface area contributed by atoms with Gasteiger partial charge in [-0.15, -0.1) is 0 Å². The molecule has 0 aromatic carbocycles. The van der Waals surface area contributed by atoms with Crippen LogP contribution in [0.1, 0.15) is 46.5 Å². The van der Waals surface area contributed by atoms with Gasteiger partial charge in [-0.1, -0.05) is 26.7 Å². The summed E-state index contributed by atoms with van der Waals surface area (Å²) in [5.74, 6) is -0.595. The topological polar surface area (TPSA) is 87.7 Å². The van der Waals surface area contributed by atoms with E-state index >= 15 is 0 Å². The van der Waals surface area contributed by atoms with Gasteiger partial charge in [0.15, 0.2) is 0 Å². The van der Waals surface area contributed by atoms with Gasteiger partial charge in [-0.25, -0.2) is 9.59 Å². The molecule has 0 radical (unpaired) electrons. The molecule has 0 aromatic rings. The van der Waals surface area contributed by atoms with Crippen molar-refractivity contribution in [2.75, 3.05) is 13.2 Å². The van der Waals surface area contributed by atoms with Gasteiger partial charge in [-0.2, -0.15) is 0 Å². The number of aliphatic carboxylic acids is 1. The van der Waals surface area contributed by atoms with Crippen LogP contribution in [0.25, 0.3) is 0 Å². The number of ether oxygens (including phenoxy) is 1. The zero-order chi connectivity index (χ0) is 15.2. The van der Waals surface area contributed by atoms with Gasteiger partial charge in [0.05, 0.1) is 0 Å². The molecule has 1 fully saturated rings. The normalized spacial score (nSPS) is 19.4. The molecule has 20 heavy (non-hydrogen) atoms. The highest BCUT2D eigenvalue weighted by atomic mass is 16.5. The molecule has 1 aliphatic heterocycles. The Kier molecular flexibility index (Phi) is 6.26. The van der Waals surface area contributed by atoms with E-state index in [2.05, 4.69) is 24.5 Å². The first-order chi connectivity index (χ1) is 9.45. The lowest BCUT2D eigenvalue weighted by Gasteiger charge is -2.34. The van der Waals surface area contributed by atoms with Crippen LogP contribution in [0.3, 0.4) is 0 Å². The van der Waals surface area contributed by atoms with Gasteiger partial charge >= 0.3 is 12.0 Å². The smallest absolute Gasteiger partial charge is 0.329 e. The Morgan fingerprint density at radius 1 is 1.25 bits per heavy atom. The highest BCUT2D eigenvalue weighted by molar-refractivity contribution is 5.86. The largest absolute Gasteiger partial charge is 0.480 e. The molecule has 0 aliphatic carbocycles. The summed E-state index contributed by atoms with van der Waals surface area (Å²) in [4.78, 5) is 23.5. The van der Waals surface area contributed by atoms with Gasteiger partial charge in [-0.05, 0) is 12.8 Å². The molecule has 1 unspecified atom stereocenters. The minimum atomic E-state index is -1.20. The van der Waals surface area contributed by atoms with Crippen molar-refractivity contribution in [2.45, 2.75) is 58.0 Å². The summed E-state index contributed by atoms with van der Waals surface area (Å²) >= 11 is 0. The summed E-state index contributed by atoms with van der Waals surface area (Å²) < 4.78 is 5.18. The summed E-state index contributed by atoms with van der Waals surface area (Å²) in [7, 11) is 0. The molecule has 0 saturated carbocycles. The molecule has 0 bridgehead atoms. The minimum Gasteiger partial charge on any atom is -0.480 e. The van der Waals surface area contributed by atoms with Crippen molar-refractivity contribution in [1.29, 1.82) is 0 Å². The van der Waals surface area contributed by atoms with Crippen LogP contribution in [0, 0.1) is 5.92 Å². The van der Waals surface area contributed by atoms with Crippen LogP contribution in [0.5, 0.6) is 0 Å². The molecular formula is C14H26N2O4. The molecule has 3 N–H and O–H groups in total. The Morgan fingerprint density at radius 2 is 1.80 bits per heavy atom. The predicted octanol–water partition coefficient (Wildman–Crippen LogP) is 1.74. The van der Waals surface area contributed by atoms with Crippen molar-refractivity contribution in [3.63, 3.8) is 0 Å². The summed E-state index contributed by atoms with van der Waals surface area (Å²) in [6.07, 6.45) is 2.57. The van der Waals surface area contributed by atoms with Crippen molar-refractivity contribution in [2.24, 2.45) is 5.92 Å². The second kappa shape index (κ2) is 7.47. The number of hydrogen-bond donors (Lipinski definition) is 3. The third kappa shape index (κ3) is 4.10. The van der Waals surface area contributed by atoms with Crippen molar-refractivity contribution >= 4 is 12.0 Å². The lowest BCUT2D eigenvalue weighted by atomic mass is 9.90. The number of carboxylic acids is 1. The summed E-state index contributed by atoms with van der Waals surface area (Å²) in [6, 6.07) is -0.385. The number of urea groups is 1. The Bertz CT molecular complexity index is 336. The molecule has 1 saturated heterocycles. The molecule has 1 heterocycles. The molecule has 1 atom stereocenters. The van der Waals surface area contributed by atoms with Gasteiger partial charge in [0.25, 0.3) is 0 Å². The first kappa shape index (κ1) is 16.8. The highest BCUT2D eigenvalue weighted by Crippen LogP contribution is 2.21. The quantitative estimate of drug-likeness (QED) is 0.694. The number of carbonyl (C=O) groups is 2. The number of carbonyl (C=O) groups excluding carboxylic acids is 1. The van der Waals surface area contributed by atoms with Crippen molar-refractivity contribution in [3.8, 4) is 0 Å². The average Bonchev–Trinajstić information content (AvgIpc) is 2.40. The van der Waals surface area contributed by atoms with E-state index < -0.39 is 17.5 Å². The van der Waals surface area contributed by atoms with Gasteiger partial charge in [0, 0.05) is 32.1 Å². The van der Waals surface area contributed by atoms with E-state index in [0.717, 1.165) is 12.8 Å². The SMILES string of the molecule is CCC(CC)C(C)NC(=O)NC1(C(=O)O)CCOCC1. The number of amides is 2. The van der Waals surface area contributed by atoms with Gasteiger partial charge in [-0.3, -0.25) is 0 Å². The molecule has 1 rings (SSSR count). The zero-order valence-electron chi connectivity index (χ0n) is 12.6. The maximum Gasteiger partial charge on any atom is 0.329 e. The average molecular weight is 286 g/mol. The lowest BCUT2D eigenvalue weighted by molar-refractivity contribution is -0.148. The summed E-state index contributed by atoms with van der Waals surface area (Å²) in [6.45, 7) is 6.83. The molecule has 0 spiro atoms. The van der Waals surface area contributed by atoms with Gasteiger partial charge < -0.3 is 20.5 Å².